The second-order valence-electron chi connectivity index (χ2n) is 4.16. The lowest BCUT2D eigenvalue weighted by atomic mass is 10.2. The first kappa shape index (κ1) is 11.2. The summed E-state index contributed by atoms with van der Waals surface area (Å²) in [4.78, 5) is 0. The standard InChI is InChI=1S/C13H17NO2/c1-10(16)6-7-14-8-11(9-15)12-4-2-3-5-13(12)14/h2-5,8,10,15-16H,6-7,9H2,1H3. The van der Waals surface area contributed by atoms with Crippen LogP contribution in [0.3, 0.4) is 0 Å². The first-order chi connectivity index (χ1) is 7.72. The van der Waals surface area contributed by atoms with Crippen molar-refractivity contribution in [3.63, 3.8) is 0 Å². The normalized spacial score (nSPS) is 13.2. The lowest BCUT2D eigenvalue weighted by Crippen LogP contribution is -2.05. The summed E-state index contributed by atoms with van der Waals surface area (Å²) >= 11 is 0. The first-order valence-corrected chi connectivity index (χ1v) is 5.58. The van der Waals surface area contributed by atoms with Gasteiger partial charge in [0.1, 0.15) is 0 Å². The molecule has 0 fully saturated rings. The van der Waals surface area contributed by atoms with Gasteiger partial charge in [-0.05, 0) is 19.4 Å². The molecule has 1 heterocycles. The number of nitrogens with zero attached hydrogens (tertiary/aromatic N) is 1. The zero-order chi connectivity index (χ0) is 11.5. The monoisotopic (exact) mass is 219 g/mol. The van der Waals surface area contributed by atoms with E-state index in [1.54, 1.807) is 6.92 Å². The maximum Gasteiger partial charge on any atom is 0.0702 e. The van der Waals surface area contributed by atoms with E-state index in [4.69, 9.17) is 0 Å². The zero-order valence-corrected chi connectivity index (χ0v) is 9.43. The van der Waals surface area contributed by atoms with E-state index in [0.717, 1.165) is 29.4 Å². The molecular formula is C13H17NO2. The largest absolute Gasteiger partial charge is 0.393 e. The van der Waals surface area contributed by atoms with Gasteiger partial charge in [-0.25, -0.2) is 0 Å². The number of fused-ring (bicyclic) bond motifs is 1. The van der Waals surface area contributed by atoms with E-state index in [2.05, 4.69) is 4.57 Å². The number of aryl methyl sites for hydroxylation is 1. The van der Waals surface area contributed by atoms with Crippen molar-refractivity contribution in [2.24, 2.45) is 0 Å². The molecule has 2 N–H and O–H groups in total. The highest BCUT2D eigenvalue weighted by Crippen LogP contribution is 2.21. The molecule has 0 bridgehead atoms. The van der Waals surface area contributed by atoms with Crippen LogP contribution in [-0.2, 0) is 13.2 Å². The van der Waals surface area contributed by atoms with Crippen LogP contribution in [0.5, 0.6) is 0 Å². The van der Waals surface area contributed by atoms with Gasteiger partial charge in [0, 0.05) is 29.2 Å². The van der Waals surface area contributed by atoms with Gasteiger partial charge in [-0.1, -0.05) is 18.2 Å². The van der Waals surface area contributed by atoms with Crippen molar-refractivity contribution in [1.29, 1.82) is 0 Å². The number of aromatic nitrogens is 1. The SMILES string of the molecule is CC(O)CCn1cc(CO)c2ccccc21. The third-order valence-electron chi connectivity index (χ3n) is 2.83. The molecule has 0 radical (unpaired) electrons. The molecular weight excluding hydrogens is 202 g/mol. The summed E-state index contributed by atoms with van der Waals surface area (Å²) in [5.74, 6) is 0. The van der Waals surface area contributed by atoms with E-state index in [9.17, 15) is 10.2 Å². The second-order valence-corrected chi connectivity index (χ2v) is 4.16. The number of aliphatic hydroxyl groups excluding tert-OH is 2. The predicted octanol–water partition coefficient (Wildman–Crippen LogP) is 1.90. The lowest BCUT2D eigenvalue weighted by molar-refractivity contribution is 0.178. The molecule has 2 aromatic rings. The van der Waals surface area contributed by atoms with Crippen LogP contribution in [0.25, 0.3) is 10.9 Å². The fourth-order valence-electron chi connectivity index (χ4n) is 1.96. The van der Waals surface area contributed by atoms with Crippen molar-refractivity contribution in [2.75, 3.05) is 0 Å². The highest BCUT2D eigenvalue weighted by Gasteiger charge is 2.07. The van der Waals surface area contributed by atoms with E-state index in [1.807, 2.05) is 30.5 Å². The van der Waals surface area contributed by atoms with Crippen molar-refractivity contribution >= 4 is 10.9 Å². The Balaban J connectivity index is 2.37. The third kappa shape index (κ3) is 2.10. The highest BCUT2D eigenvalue weighted by atomic mass is 16.3. The Morgan fingerprint density at radius 3 is 2.75 bits per heavy atom. The van der Waals surface area contributed by atoms with E-state index in [1.165, 1.54) is 0 Å². The molecule has 0 aliphatic heterocycles. The highest BCUT2D eigenvalue weighted by molar-refractivity contribution is 5.83. The van der Waals surface area contributed by atoms with Crippen LogP contribution in [0.2, 0.25) is 0 Å². The van der Waals surface area contributed by atoms with Crippen LogP contribution in [0.15, 0.2) is 30.5 Å². The smallest absolute Gasteiger partial charge is 0.0702 e. The Hall–Kier alpha value is -1.32. The van der Waals surface area contributed by atoms with Crippen LogP contribution >= 0.6 is 0 Å². The average molecular weight is 219 g/mol. The number of benzene rings is 1. The minimum atomic E-state index is -0.293. The molecule has 0 aliphatic rings. The summed E-state index contributed by atoms with van der Waals surface area (Å²) in [6.07, 6.45) is 2.40. The van der Waals surface area contributed by atoms with Crippen LogP contribution in [0.1, 0.15) is 18.9 Å². The summed E-state index contributed by atoms with van der Waals surface area (Å²) in [5, 5.41) is 19.6. The Kier molecular flexibility index (Phi) is 3.27. The lowest BCUT2D eigenvalue weighted by Gasteiger charge is -2.06. The molecule has 1 aromatic heterocycles. The summed E-state index contributed by atoms with van der Waals surface area (Å²) < 4.78 is 2.09. The molecule has 2 rings (SSSR count). The van der Waals surface area contributed by atoms with Crippen molar-refractivity contribution in [1.82, 2.24) is 4.57 Å². The van der Waals surface area contributed by atoms with Gasteiger partial charge in [0.15, 0.2) is 0 Å². The molecule has 3 heteroatoms. The summed E-state index contributed by atoms with van der Waals surface area (Å²) in [5.41, 5.74) is 2.06. The van der Waals surface area contributed by atoms with E-state index in [0.29, 0.717) is 0 Å². The summed E-state index contributed by atoms with van der Waals surface area (Å²) in [6, 6.07) is 8.01. The van der Waals surface area contributed by atoms with Crippen LogP contribution < -0.4 is 0 Å². The molecule has 86 valence electrons. The minimum absolute atomic E-state index is 0.0577. The third-order valence-corrected chi connectivity index (χ3v) is 2.83. The van der Waals surface area contributed by atoms with Gasteiger partial charge in [0.25, 0.3) is 0 Å². The van der Waals surface area contributed by atoms with Gasteiger partial charge in [-0.2, -0.15) is 0 Å². The number of aliphatic hydroxyl groups is 2. The number of hydrogen-bond donors (Lipinski definition) is 2. The maximum absolute atomic E-state index is 9.29. The second kappa shape index (κ2) is 4.68. The Bertz CT molecular complexity index is 474. The molecule has 0 saturated carbocycles. The van der Waals surface area contributed by atoms with E-state index < -0.39 is 0 Å². The Morgan fingerprint density at radius 1 is 1.31 bits per heavy atom. The molecule has 3 nitrogen and oxygen atoms in total. The van der Waals surface area contributed by atoms with Gasteiger partial charge < -0.3 is 14.8 Å². The van der Waals surface area contributed by atoms with Crippen molar-refractivity contribution in [3.05, 3.63) is 36.0 Å². The number of rotatable bonds is 4. The minimum Gasteiger partial charge on any atom is -0.393 e. The maximum atomic E-state index is 9.29. The number of para-hydroxylation sites is 1. The number of hydrogen-bond acceptors (Lipinski definition) is 2. The molecule has 1 atom stereocenters. The van der Waals surface area contributed by atoms with Gasteiger partial charge in [-0.3, -0.25) is 0 Å². The fraction of sp³-hybridized carbons (Fsp3) is 0.385. The average Bonchev–Trinajstić information content (AvgIpc) is 2.65. The van der Waals surface area contributed by atoms with Gasteiger partial charge >= 0.3 is 0 Å². The zero-order valence-electron chi connectivity index (χ0n) is 9.43. The van der Waals surface area contributed by atoms with Gasteiger partial charge in [-0.15, -0.1) is 0 Å². The molecule has 0 saturated heterocycles. The van der Waals surface area contributed by atoms with E-state index >= 15 is 0 Å². The predicted molar refractivity (Wildman–Crippen MR) is 64.2 cm³/mol. The Morgan fingerprint density at radius 2 is 2.06 bits per heavy atom. The van der Waals surface area contributed by atoms with E-state index in [-0.39, 0.29) is 12.7 Å². The molecule has 0 amide bonds. The molecule has 0 spiro atoms. The van der Waals surface area contributed by atoms with Crippen LogP contribution in [0.4, 0.5) is 0 Å². The van der Waals surface area contributed by atoms with Gasteiger partial charge in [0.05, 0.1) is 12.7 Å². The fourth-order valence-corrected chi connectivity index (χ4v) is 1.96. The Labute approximate surface area is 94.9 Å². The molecule has 16 heavy (non-hydrogen) atoms. The summed E-state index contributed by atoms with van der Waals surface area (Å²) in [7, 11) is 0. The van der Waals surface area contributed by atoms with Crippen LogP contribution in [0, 0.1) is 0 Å². The quantitative estimate of drug-likeness (QED) is 0.825. The summed E-state index contributed by atoms with van der Waals surface area (Å²) in [6.45, 7) is 2.62. The molecule has 0 aliphatic carbocycles. The van der Waals surface area contributed by atoms with Crippen molar-refractivity contribution in [2.45, 2.75) is 32.6 Å². The first-order valence-electron chi connectivity index (χ1n) is 5.58. The van der Waals surface area contributed by atoms with Crippen LogP contribution in [-0.4, -0.2) is 20.9 Å². The molecule has 1 aromatic carbocycles. The van der Waals surface area contributed by atoms with Crippen molar-refractivity contribution in [3.8, 4) is 0 Å². The van der Waals surface area contributed by atoms with Gasteiger partial charge in [0.2, 0.25) is 0 Å². The topological polar surface area (TPSA) is 45.4 Å². The molecule has 1 unspecified atom stereocenters. The van der Waals surface area contributed by atoms with Crippen molar-refractivity contribution < 1.29 is 10.2 Å².